The van der Waals surface area contributed by atoms with Crippen molar-refractivity contribution in [3.63, 3.8) is 0 Å². The molecule has 0 atom stereocenters. The zero-order valence-electron chi connectivity index (χ0n) is 13.2. The molecule has 0 heterocycles. The molecule has 126 valence electrons. The van der Waals surface area contributed by atoms with Gasteiger partial charge in [-0.3, -0.25) is 4.79 Å². The minimum atomic E-state index is -3.47. The Bertz CT molecular complexity index is 844. The van der Waals surface area contributed by atoms with Crippen LogP contribution in [0.15, 0.2) is 58.3 Å². The molecule has 24 heavy (non-hydrogen) atoms. The Labute approximate surface area is 145 Å². The van der Waals surface area contributed by atoms with Crippen LogP contribution in [0.5, 0.6) is 0 Å². The van der Waals surface area contributed by atoms with E-state index in [2.05, 4.69) is 10.0 Å². The third kappa shape index (κ3) is 3.98. The molecule has 2 N–H and O–H groups in total. The number of rotatable bonds is 6. The topological polar surface area (TPSA) is 75.3 Å². The third-order valence-corrected chi connectivity index (χ3v) is 6.01. The van der Waals surface area contributed by atoms with E-state index in [1.165, 1.54) is 23.9 Å². The Kier molecular flexibility index (Phi) is 4.93. The van der Waals surface area contributed by atoms with Crippen molar-refractivity contribution in [2.45, 2.75) is 28.7 Å². The second-order valence-corrected chi connectivity index (χ2v) is 8.14. The molecule has 0 spiro atoms. The van der Waals surface area contributed by atoms with E-state index in [-0.39, 0.29) is 16.8 Å². The van der Waals surface area contributed by atoms with Crippen LogP contribution in [0, 0.1) is 0 Å². The van der Waals surface area contributed by atoms with Crippen LogP contribution in [0.3, 0.4) is 0 Å². The van der Waals surface area contributed by atoms with Crippen LogP contribution >= 0.6 is 11.8 Å². The molecule has 0 bridgehead atoms. The maximum atomic E-state index is 12.4. The van der Waals surface area contributed by atoms with E-state index in [1.54, 1.807) is 18.2 Å². The minimum absolute atomic E-state index is 0.0671. The van der Waals surface area contributed by atoms with Crippen LogP contribution in [-0.4, -0.2) is 26.6 Å². The zero-order valence-corrected chi connectivity index (χ0v) is 14.8. The number of sulfonamides is 1. The van der Waals surface area contributed by atoms with Gasteiger partial charge in [0.1, 0.15) is 0 Å². The summed E-state index contributed by atoms with van der Waals surface area (Å²) in [7, 11) is -3.47. The van der Waals surface area contributed by atoms with Crippen molar-refractivity contribution in [1.29, 1.82) is 0 Å². The number of hydrogen-bond donors (Lipinski definition) is 2. The summed E-state index contributed by atoms with van der Waals surface area (Å²) in [5.74, 6) is -0.216. The van der Waals surface area contributed by atoms with Crippen LogP contribution in [0.25, 0.3) is 0 Å². The quantitative estimate of drug-likeness (QED) is 0.774. The maximum absolute atomic E-state index is 12.4. The molecular weight excluding hydrogens is 344 g/mol. The van der Waals surface area contributed by atoms with Gasteiger partial charge in [-0.1, -0.05) is 12.1 Å². The summed E-state index contributed by atoms with van der Waals surface area (Å²) in [6.07, 6.45) is 3.70. The normalized spacial score (nSPS) is 14.4. The SMILES string of the molecule is CSc1ccccc1C(=O)Nc1ccc(S(=O)(=O)NC2CC2)cc1. The fourth-order valence-corrected chi connectivity index (χ4v) is 4.14. The Morgan fingerprint density at radius 2 is 1.75 bits per heavy atom. The number of amides is 1. The summed E-state index contributed by atoms with van der Waals surface area (Å²) < 4.78 is 26.9. The minimum Gasteiger partial charge on any atom is -0.322 e. The van der Waals surface area contributed by atoms with Gasteiger partial charge >= 0.3 is 0 Å². The molecule has 1 fully saturated rings. The van der Waals surface area contributed by atoms with Crippen molar-refractivity contribution in [1.82, 2.24) is 4.72 Å². The largest absolute Gasteiger partial charge is 0.322 e. The first kappa shape index (κ1) is 17.0. The molecule has 1 aliphatic rings. The number of nitrogens with one attached hydrogen (secondary N) is 2. The number of carbonyl (C=O) groups excluding carboxylic acids is 1. The Morgan fingerprint density at radius 1 is 1.08 bits per heavy atom. The van der Waals surface area contributed by atoms with E-state index < -0.39 is 10.0 Å². The fourth-order valence-electron chi connectivity index (χ4n) is 2.24. The molecule has 0 aliphatic heterocycles. The number of anilines is 1. The lowest BCUT2D eigenvalue weighted by atomic mass is 10.2. The number of thioether (sulfide) groups is 1. The van der Waals surface area contributed by atoms with Gasteiger partial charge in [-0.25, -0.2) is 13.1 Å². The predicted octanol–water partition coefficient (Wildman–Crippen LogP) is 3.10. The van der Waals surface area contributed by atoms with Crippen molar-refractivity contribution in [3.8, 4) is 0 Å². The molecule has 7 heteroatoms. The second kappa shape index (κ2) is 6.96. The highest BCUT2D eigenvalue weighted by molar-refractivity contribution is 7.98. The summed E-state index contributed by atoms with van der Waals surface area (Å²) in [6, 6.07) is 13.6. The first-order valence-corrected chi connectivity index (χ1v) is 10.3. The first-order valence-electron chi connectivity index (χ1n) is 7.56. The van der Waals surface area contributed by atoms with Crippen molar-refractivity contribution < 1.29 is 13.2 Å². The Balaban J connectivity index is 1.73. The maximum Gasteiger partial charge on any atom is 0.256 e. The summed E-state index contributed by atoms with van der Waals surface area (Å²) in [5, 5.41) is 2.80. The zero-order chi connectivity index (χ0) is 17.2. The summed E-state index contributed by atoms with van der Waals surface area (Å²) >= 11 is 1.50. The lowest BCUT2D eigenvalue weighted by Gasteiger charge is -2.10. The fraction of sp³-hybridized carbons (Fsp3) is 0.235. The lowest BCUT2D eigenvalue weighted by Crippen LogP contribution is -2.25. The van der Waals surface area contributed by atoms with Crippen LogP contribution < -0.4 is 10.0 Å². The van der Waals surface area contributed by atoms with Gasteiger partial charge in [0.15, 0.2) is 0 Å². The van der Waals surface area contributed by atoms with Gasteiger partial charge in [-0.05, 0) is 55.5 Å². The highest BCUT2D eigenvalue weighted by atomic mass is 32.2. The van der Waals surface area contributed by atoms with Gasteiger partial charge in [-0.2, -0.15) is 0 Å². The smallest absolute Gasteiger partial charge is 0.256 e. The molecule has 1 amide bonds. The monoisotopic (exact) mass is 362 g/mol. The highest BCUT2D eigenvalue weighted by Gasteiger charge is 2.27. The molecule has 2 aromatic rings. The predicted molar refractivity (Wildman–Crippen MR) is 96.0 cm³/mol. The summed E-state index contributed by atoms with van der Waals surface area (Å²) in [5.41, 5.74) is 1.15. The van der Waals surface area contributed by atoms with Crippen LogP contribution in [-0.2, 0) is 10.0 Å². The number of carbonyl (C=O) groups is 1. The van der Waals surface area contributed by atoms with Gasteiger partial charge in [-0.15, -0.1) is 11.8 Å². The molecule has 1 aliphatic carbocycles. The van der Waals surface area contributed by atoms with E-state index >= 15 is 0 Å². The van der Waals surface area contributed by atoms with Gasteiger partial charge in [0.05, 0.1) is 10.5 Å². The number of hydrogen-bond acceptors (Lipinski definition) is 4. The van der Waals surface area contributed by atoms with Crippen molar-refractivity contribution >= 4 is 33.4 Å². The molecule has 2 aromatic carbocycles. The standard InChI is InChI=1S/C17H18N2O3S2/c1-23-16-5-3-2-4-15(16)17(20)18-12-8-10-14(11-9-12)24(21,22)19-13-6-7-13/h2-5,8-11,13,19H,6-7H2,1H3,(H,18,20). The molecule has 5 nitrogen and oxygen atoms in total. The highest BCUT2D eigenvalue weighted by Crippen LogP contribution is 2.24. The average molecular weight is 362 g/mol. The summed E-state index contributed by atoms with van der Waals surface area (Å²) in [6.45, 7) is 0. The lowest BCUT2D eigenvalue weighted by molar-refractivity contribution is 0.102. The number of benzene rings is 2. The molecular formula is C17H18N2O3S2. The van der Waals surface area contributed by atoms with Gasteiger partial charge in [0.2, 0.25) is 10.0 Å². The molecule has 0 aromatic heterocycles. The van der Waals surface area contributed by atoms with Gasteiger partial charge < -0.3 is 5.32 Å². The van der Waals surface area contributed by atoms with E-state index in [0.29, 0.717) is 11.3 Å². The second-order valence-electron chi connectivity index (χ2n) is 5.57. The molecule has 0 radical (unpaired) electrons. The van der Waals surface area contributed by atoms with Crippen LogP contribution in [0.2, 0.25) is 0 Å². The van der Waals surface area contributed by atoms with E-state index in [9.17, 15) is 13.2 Å². The van der Waals surface area contributed by atoms with Gasteiger partial charge in [0.25, 0.3) is 5.91 Å². The molecule has 0 unspecified atom stereocenters. The molecule has 1 saturated carbocycles. The van der Waals surface area contributed by atoms with E-state index in [1.807, 2.05) is 24.5 Å². The van der Waals surface area contributed by atoms with Gasteiger partial charge in [0, 0.05) is 16.6 Å². The van der Waals surface area contributed by atoms with Crippen LogP contribution in [0.4, 0.5) is 5.69 Å². The van der Waals surface area contributed by atoms with Crippen molar-refractivity contribution in [2.75, 3.05) is 11.6 Å². The van der Waals surface area contributed by atoms with E-state index in [0.717, 1.165) is 17.7 Å². The summed E-state index contributed by atoms with van der Waals surface area (Å²) in [4.78, 5) is 13.5. The molecule has 3 rings (SSSR count). The first-order chi connectivity index (χ1) is 11.5. The Morgan fingerprint density at radius 3 is 2.38 bits per heavy atom. The third-order valence-electron chi connectivity index (χ3n) is 3.67. The van der Waals surface area contributed by atoms with Crippen molar-refractivity contribution in [3.05, 3.63) is 54.1 Å². The van der Waals surface area contributed by atoms with Crippen LogP contribution in [0.1, 0.15) is 23.2 Å². The van der Waals surface area contributed by atoms with Crippen molar-refractivity contribution in [2.24, 2.45) is 0 Å². The Hall–Kier alpha value is -1.83. The van der Waals surface area contributed by atoms with E-state index in [4.69, 9.17) is 0 Å². The molecule has 0 saturated heterocycles. The average Bonchev–Trinajstić information content (AvgIpc) is 3.38.